The minimum Gasteiger partial charge on any atom is -0.499 e. The molecule has 0 fully saturated rings. The first-order valence-corrected chi connectivity index (χ1v) is 3.96. The van der Waals surface area contributed by atoms with Crippen molar-refractivity contribution in [3.05, 3.63) is 12.8 Å². The van der Waals surface area contributed by atoms with Crippen molar-refractivity contribution in [1.29, 1.82) is 0 Å². The molecule has 0 unspecified atom stereocenters. The van der Waals surface area contributed by atoms with E-state index in [1.54, 1.807) is 0 Å². The first kappa shape index (κ1) is 11.8. The Labute approximate surface area is 77.7 Å². The van der Waals surface area contributed by atoms with Gasteiger partial charge in [0.25, 0.3) is 0 Å². The summed E-state index contributed by atoms with van der Waals surface area (Å²) in [5.41, 5.74) is 0. The minimum atomic E-state index is -0.453. The van der Waals surface area contributed by atoms with Gasteiger partial charge in [0.2, 0.25) is 0 Å². The molecule has 1 amide bonds. The Morgan fingerprint density at radius 1 is 1.38 bits per heavy atom. The van der Waals surface area contributed by atoms with Crippen LogP contribution in [0.25, 0.3) is 0 Å². The molecule has 13 heavy (non-hydrogen) atoms. The van der Waals surface area contributed by atoms with Crippen LogP contribution in [-0.4, -0.2) is 39.6 Å². The fourth-order valence-electron chi connectivity index (χ4n) is 0.558. The summed E-state index contributed by atoms with van der Waals surface area (Å²) in [7, 11) is 1.50. The van der Waals surface area contributed by atoms with E-state index in [0.29, 0.717) is 19.8 Å². The average molecular weight is 189 g/mol. The van der Waals surface area contributed by atoms with Gasteiger partial charge in [-0.2, -0.15) is 0 Å². The molecule has 0 aromatic carbocycles. The van der Waals surface area contributed by atoms with E-state index < -0.39 is 6.09 Å². The normalized spacial score (nSPS) is 9.00. The Morgan fingerprint density at radius 3 is 2.69 bits per heavy atom. The van der Waals surface area contributed by atoms with Gasteiger partial charge in [0.05, 0.1) is 19.5 Å². The van der Waals surface area contributed by atoms with Crippen LogP contribution in [0.5, 0.6) is 0 Å². The average Bonchev–Trinajstić information content (AvgIpc) is 2.16. The Kier molecular flexibility index (Phi) is 8.02. The van der Waals surface area contributed by atoms with E-state index in [0.717, 1.165) is 0 Å². The van der Waals surface area contributed by atoms with Crippen molar-refractivity contribution < 1.29 is 19.0 Å². The van der Waals surface area contributed by atoms with Crippen molar-refractivity contribution in [1.82, 2.24) is 5.32 Å². The van der Waals surface area contributed by atoms with Gasteiger partial charge >= 0.3 is 6.09 Å². The predicted molar refractivity (Wildman–Crippen MR) is 47.4 cm³/mol. The second-order valence-corrected chi connectivity index (χ2v) is 2.04. The van der Waals surface area contributed by atoms with E-state index in [2.05, 4.69) is 16.6 Å². The Hall–Kier alpha value is -1.23. The van der Waals surface area contributed by atoms with Gasteiger partial charge in [-0.25, -0.2) is 4.79 Å². The zero-order valence-electron chi connectivity index (χ0n) is 7.75. The fraction of sp³-hybridized carbons (Fsp3) is 0.625. The monoisotopic (exact) mass is 189 g/mol. The van der Waals surface area contributed by atoms with E-state index in [9.17, 15) is 4.79 Å². The summed E-state index contributed by atoms with van der Waals surface area (Å²) >= 11 is 0. The lowest BCUT2D eigenvalue weighted by Gasteiger charge is -2.04. The van der Waals surface area contributed by atoms with Crippen LogP contribution < -0.4 is 5.32 Å². The lowest BCUT2D eigenvalue weighted by Crippen LogP contribution is -2.21. The van der Waals surface area contributed by atoms with Crippen molar-refractivity contribution in [3.8, 4) is 0 Å². The molecule has 0 spiro atoms. The molecule has 0 aromatic rings. The number of hydrogen-bond donors (Lipinski definition) is 1. The molecule has 0 aliphatic carbocycles. The molecule has 0 radical (unpaired) electrons. The summed E-state index contributed by atoms with van der Waals surface area (Å²) in [6, 6.07) is 0. The highest BCUT2D eigenvalue weighted by molar-refractivity contribution is 5.66. The number of hydrogen-bond acceptors (Lipinski definition) is 4. The highest BCUT2D eigenvalue weighted by Gasteiger charge is 1.95. The maximum absolute atomic E-state index is 10.5. The van der Waals surface area contributed by atoms with Gasteiger partial charge in [0.1, 0.15) is 13.2 Å². The van der Waals surface area contributed by atoms with Crippen LogP contribution in [0.15, 0.2) is 12.8 Å². The van der Waals surface area contributed by atoms with E-state index in [1.165, 1.54) is 13.3 Å². The first-order valence-electron chi connectivity index (χ1n) is 3.96. The number of carbonyl (C=O) groups is 1. The van der Waals surface area contributed by atoms with Crippen molar-refractivity contribution in [3.63, 3.8) is 0 Å². The van der Waals surface area contributed by atoms with Crippen LogP contribution in [0.4, 0.5) is 4.79 Å². The summed E-state index contributed by atoms with van der Waals surface area (Å²) in [6.45, 7) is 4.91. The molecule has 1 N–H and O–H groups in total. The molecule has 0 saturated heterocycles. The van der Waals surface area contributed by atoms with E-state index in [-0.39, 0.29) is 6.61 Å². The molecule has 0 aliphatic heterocycles. The molecular weight excluding hydrogens is 174 g/mol. The van der Waals surface area contributed by atoms with Crippen LogP contribution in [0.3, 0.4) is 0 Å². The second kappa shape index (κ2) is 8.86. The summed E-state index contributed by atoms with van der Waals surface area (Å²) in [5.74, 6) is 0. The molecule has 0 aliphatic rings. The highest BCUT2D eigenvalue weighted by atomic mass is 16.6. The molecule has 0 atom stereocenters. The van der Waals surface area contributed by atoms with Gasteiger partial charge in [-0.3, -0.25) is 0 Å². The Morgan fingerprint density at radius 2 is 2.08 bits per heavy atom. The number of alkyl carbamates (subject to hydrolysis) is 1. The largest absolute Gasteiger partial charge is 0.499 e. The zero-order chi connectivity index (χ0) is 9.94. The van der Waals surface area contributed by atoms with Crippen LogP contribution >= 0.6 is 0 Å². The third-order valence-electron chi connectivity index (χ3n) is 1.13. The van der Waals surface area contributed by atoms with Gasteiger partial charge in [0.15, 0.2) is 0 Å². The van der Waals surface area contributed by atoms with Crippen molar-refractivity contribution in [2.45, 2.75) is 0 Å². The van der Waals surface area contributed by atoms with Crippen LogP contribution in [0, 0.1) is 0 Å². The Bertz CT molecular complexity index is 149. The number of rotatable bonds is 7. The van der Waals surface area contributed by atoms with E-state index >= 15 is 0 Å². The van der Waals surface area contributed by atoms with Crippen LogP contribution in [-0.2, 0) is 14.2 Å². The van der Waals surface area contributed by atoms with E-state index in [1.807, 2.05) is 0 Å². The molecule has 76 valence electrons. The van der Waals surface area contributed by atoms with Crippen molar-refractivity contribution in [2.24, 2.45) is 0 Å². The second-order valence-electron chi connectivity index (χ2n) is 2.04. The van der Waals surface area contributed by atoms with Gasteiger partial charge in [-0.1, -0.05) is 6.58 Å². The maximum atomic E-state index is 10.5. The third-order valence-corrected chi connectivity index (χ3v) is 1.13. The Balaban J connectivity index is 2.99. The predicted octanol–water partition coefficient (Wildman–Crippen LogP) is 0.519. The number of carbonyl (C=O) groups excluding carboxylic acids is 1. The fourth-order valence-corrected chi connectivity index (χ4v) is 0.558. The van der Waals surface area contributed by atoms with Crippen molar-refractivity contribution in [2.75, 3.05) is 33.5 Å². The molecular formula is C8H15NO4. The summed E-state index contributed by atoms with van der Waals surface area (Å²) in [5, 5.41) is 2.32. The zero-order valence-corrected chi connectivity index (χ0v) is 7.75. The van der Waals surface area contributed by atoms with E-state index in [4.69, 9.17) is 9.47 Å². The molecule has 0 rings (SSSR count). The molecule has 5 nitrogen and oxygen atoms in total. The quantitative estimate of drug-likeness (QED) is 0.468. The summed E-state index contributed by atoms with van der Waals surface area (Å²) < 4.78 is 14.5. The van der Waals surface area contributed by atoms with Gasteiger partial charge < -0.3 is 19.5 Å². The number of amides is 1. The van der Waals surface area contributed by atoms with Gasteiger partial charge in [0, 0.05) is 7.05 Å². The minimum absolute atomic E-state index is 0.244. The van der Waals surface area contributed by atoms with Crippen LogP contribution in [0.1, 0.15) is 0 Å². The smallest absolute Gasteiger partial charge is 0.406 e. The van der Waals surface area contributed by atoms with Crippen LogP contribution in [0.2, 0.25) is 0 Å². The third kappa shape index (κ3) is 8.68. The standard InChI is InChI=1S/C8H15NO4/c1-3-11-4-5-12-6-7-13-8(10)9-2/h3H,1,4-7H2,2H3,(H,9,10). The molecule has 0 aromatic heterocycles. The number of nitrogens with one attached hydrogen (secondary N) is 1. The summed E-state index contributed by atoms with van der Waals surface area (Å²) in [6.07, 6.45) is 0.899. The lowest BCUT2D eigenvalue weighted by atomic mass is 10.7. The molecule has 0 heterocycles. The molecule has 0 saturated carbocycles. The summed E-state index contributed by atoms with van der Waals surface area (Å²) in [4.78, 5) is 10.5. The van der Waals surface area contributed by atoms with Gasteiger partial charge in [-0.15, -0.1) is 0 Å². The topological polar surface area (TPSA) is 56.8 Å². The number of ether oxygens (including phenoxy) is 3. The SMILES string of the molecule is C=COCCOCCOC(=O)NC. The van der Waals surface area contributed by atoms with Gasteiger partial charge in [-0.05, 0) is 0 Å². The molecule has 5 heteroatoms. The first-order chi connectivity index (χ1) is 6.31. The lowest BCUT2D eigenvalue weighted by molar-refractivity contribution is 0.0506. The molecule has 0 bridgehead atoms. The maximum Gasteiger partial charge on any atom is 0.406 e. The van der Waals surface area contributed by atoms with Crippen molar-refractivity contribution >= 4 is 6.09 Å². The highest BCUT2D eigenvalue weighted by Crippen LogP contribution is 1.81.